The highest BCUT2D eigenvalue weighted by Gasteiger charge is 2.65. The van der Waals surface area contributed by atoms with Crippen molar-refractivity contribution < 1.29 is 18.3 Å². The van der Waals surface area contributed by atoms with Gasteiger partial charge in [0.1, 0.15) is 0 Å². The quantitative estimate of drug-likeness (QED) is 0.899. The average molecular weight is 347 g/mol. The highest BCUT2D eigenvalue weighted by atomic mass is 19.4. The molecule has 0 aromatic heterocycles. The summed E-state index contributed by atoms with van der Waals surface area (Å²) < 4.78 is 42.0. The molecule has 2 aliphatic rings. The monoisotopic (exact) mass is 347 g/mol. The van der Waals surface area contributed by atoms with E-state index in [0.717, 1.165) is 24.0 Å². The van der Waals surface area contributed by atoms with Gasteiger partial charge in [-0.3, -0.25) is 0 Å². The van der Waals surface area contributed by atoms with E-state index in [0.29, 0.717) is 18.7 Å². The fraction of sp³-hybridized carbons (Fsp3) is 0.400. The number of hydrogen-bond acceptors (Lipinski definition) is 2. The third-order valence-corrected chi connectivity index (χ3v) is 5.50. The predicted octanol–water partition coefficient (Wildman–Crippen LogP) is 4.20. The zero-order chi connectivity index (χ0) is 17.7. The molecule has 2 heterocycles. The van der Waals surface area contributed by atoms with Gasteiger partial charge in [-0.25, -0.2) is 0 Å². The van der Waals surface area contributed by atoms with E-state index < -0.39 is 17.8 Å². The average Bonchev–Trinajstić information content (AvgIpc) is 2.86. The van der Waals surface area contributed by atoms with Gasteiger partial charge in [-0.15, -0.1) is 0 Å². The van der Waals surface area contributed by atoms with Crippen molar-refractivity contribution in [3.8, 4) is 0 Å². The summed E-state index contributed by atoms with van der Waals surface area (Å²) in [6, 6.07) is 13.4. The Balaban J connectivity index is 1.75. The summed E-state index contributed by atoms with van der Waals surface area (Å²) in [6.45, 7) is 0.557. The van der Waals surface area contributed by atoms with Gasteiger partial charge in [-0.2, -0.15) is 13.2 Å². The lowest BCUT2D eigenvalue weighted by Crippen LogP contribution is -2.54. The summed E-state index contributed by atoms with van der Waals surface area (Å²) in [6.07, 6.45) is -2.37. The SMILES string of the molecule is OC1(C(F)(F)F)c2cccc3c2N(CCC3)C1CCc1ccccc1. The fourth-order valence-electron chi connectivity index (χ4n) is 4.36. The Bertz CT molecular complexity index is 774. The van der Waals surface area contributed by atoms with Crippen molar-refractivity contribution in [2.24, 2.45) is 0 Å². The second-order valence-electron chi connectivity index (χ2n) is 6.91. The van der Waals surface area contributed by atoms with Crippen LogP contribution in [-0.4, -0.2) is 23.9 Å². The Kier molecular flexibility index (Phi) is 3.80. The Morgan fingerprint density at radius 2 is 1.84 bits per heavy atom. The first-order chi connectivity index (χ1) is 11.9. The molecular weight excluding hydrogens is 327 g/mol. The molecule has 0 saturated heterocycles. The van der Waals surface area contributed by atoms with Crippen molar-refractivity contribution >= 4 is 5.69 Å². The molecule has 0 spiro atoms. The summed E-state index contributed by atoms with van der Waals surface area (Å²) in [7, 11) is 0. The van der Waals surface area contributed by atoms with Crippen LogP contribution in [0.3, 0.4) is 0 Å². The molecule has 0 fully saturated rings. The molecule has 2 atom stereocenters. The first-order valence-electron chi connectivity index (χ1n) is 8.65. The van der Waals surface area contributed by atoms with Crippen molar-refractivity contribution in [2.75, 3.05) is 11.4 Å². The molecule has 4 rings (SSSR count). The predicted molar refractivity (Wildman–Crippen MR) is 90.6 cm³/mol. The summed E-state index contributed by atoms with van der Waals surface area (Å²) in [5.74, 6) is 0. The normalized spacial score (nSPS) is 25.1. The number of rotatable bonds is 3. The van der Waals surface area contributed by atoms with Crippen LogP contribution < -0.4 is 4.90 Å². The minimum atomic E-state index is -4.71. The third kappa shape index (κ3) is 2.44. The molecule has 5 heteroatoms. The molecule has 0 bridgehead atoms. The van der Waals surface area contributed by atoms with Crippen LogP contribution in [0.15, 0.2) is 48.5 Å². The molecule has 0 radical (unpaired) electrons. The smallest absolute Gasteiger partial charge is 0.375 e. The molecular formula is C20H20F3NO. The molecule has 2 unspecified atom stereocenters. The van der Waals surface area contributed by atoms with Gasteiger partial charge in [0, 0.05) is 17.8 Å². The number of halogens is 3. The number of hydrogen-bond donors (Lipinski definition) is 1. The van der Waals surface area contributed by atoms with Gasteiger partial charge >= 0.3 is 6.18 Å². The molecule has 2 aromatic rings. The molecule has 2 aliphatic heterocycles. The van der Waals surface area contributed by atoms with Crippen LogP contribution in [0.2, 0.25) is 0 Å². The zero-order valence-corrected chi connectivity index (χ0v) is 13.8. The lowest BCUT2D eigenvalue weighted by atomic mass is 9.85. The maximum absolute atomic E-state index is 14.0. The van der Waals surface area contributed by atoms with Gasteiger partial charge < -0.3 is 10.0 Å². The second-order valence-corrected chi connectivity index (χ2v) is 6.91. The molecule has 0 saturated carbocycles. The minimum Gasteiger partial charge on any atom is -0.375 e. The Labute approximate surface area is 144 Å². The van der Waals surface area contributed by atoms with E-state index in [1.165, 1.54) is 6.07 Å². The molecule has 2 nitrogen and oxygen atoms in total. The Morgan fingerprint density at radius 3 is 2.56 bits per heavy atom. The summed E-state index contributed by atoms with van der Waals surface area (Å²) >= 11 is 0. The van der Waals surface area contributed by atoms with Crippen LogP contribution >= 0.6 is 0 Å². The van der Waals surface area contributed by atoms with Crippen LogP contribution in [-0.2, 0) is 18.4 Å². The lowest BCUT2D eigenvalue weighted by Gasteiger charge is -2.38. The van der Waals surface area contributed by atoms with Crippen molar-refractivity contribution in [3.63, 3.8) is 0 Å². The van der Waals surface area contributed by atoms with Gasteiger partial charge in [-0.05, 0) is 36.8 Å². The molecule has 0 aliphatic carbocycles. The number of aryl methyl sites for hydroxylation is 2. The van der Waals surface area contributed by atoms with Crippen molar-refractivity contribution in [3.05, 3.63) is 65.2 Å². The first kappa shape index (κ1) is 16.5. The highest BCUT2D eigenvalue weighted by Crippen LogP contribution is 2.55. The Hall–Kier alpha value is -2.01. The zero-order valence-electron chi connectivity index (χ0n) is 13.8. The van der Waals surface area contributed by atoms with E-state index in [4.69, 9.17) is 0 Å². The third-order valence-electron chi connectivity index (χ3n) is 5.50. The van der Waals surface area contributed by atoms with Crippen LogP contribution in [0.5, 0.6) is 0 Å². The first-order valence-corrected chi connectivity index (χ1v) is 8.65. The summed E-state index contributed by atoms with van der Waals surface area (Å²) in [4.78, 5) is 1.80. The van der Waals surface area contributed by atoms with Crippen LogP contribution in [0.25, 0.3) is 0 Å². The van der Waals surface area contributed by atoms with Crippen molar-refractivity contribution in [1.82, 2.24) is 0 Å². The molecule has 1 N–H and O–H groups in total. The number of benzene rings is 2. The number of alkyl halides is 3. The number of para-hydroxylation sites is 1. The highest BCUT2D eigenvalue weighted by molar-refractivity contribution is 5.69. The van der Waals surface area contributed by atoms with Crippen molar-refractivity contribution in [1.29, 1.82) is 0 Å². The van der Waals surface area contributed by atoms with Crippen LogP contribution in [0.1, 0.15) is 29.5 Å². The van der Waals surface area contributed by atoms with E-state index in [1.807, 2.05) is 36.4 Å². The van der Waals surface area contributed by atoms with Crippen LogP contribution in [0, 0.1) is 0 Å². The Morgan fingerprint density at radius 1 is 1.08 bits per heavy atom. The van der Waals surface area contributed by atoms with Gasteiger partial charge in [0.25, 0.3) is 0 Å². The van der Waals surface area contributed by atoms with E-state index >= 15 is 0 Å². The van der Waals surface area contributed by atoms with E-state index in [2.05, 4.69) is 0 Å². The summed E-state index contributed by atoms with van der Waals surface area (Å²) in [5.41, 5.74) is -0.284. The van der Waals surface area contributed by atoms with E-state index in [1.54, 1.807) is 11.0 Å². The van der Waals surface area contributed by atoms with Gasteiger partial charge in [0.15, 0.2) is 0 Å². The van der Waals surface area contributed by atoms with E-state index in [-0.39, 0.29) is 12.0 Å². The number of nitrogens with zero attached hydrogens (tertiary/aromatic N) is 1. The van der Waals surface area contributed by atoms with Crippen LogP contribution in [0.4, 0.5) is 18.9 Å². The standard InChI is InChI=1S/C20H20F3NO/c21-20(22,23)19(25)16-10-4-8-15-9-5-13-24(18(15)16)17(19)12-11-14-6-2-1-3-7-14/h1-4,6-8,10,17,25H,5,9,11-13H2. The molecule has 25 heavy (non-hydrogen) atoms. The molecule has 2 aromatic carbocycles. The number of aliphatic hydroxyl groups is 1. The van der Waals surface area contributed by atoms with Gasteiger partial charge in [-0.1, -0.05) is 48.5 Å². The minimum absolute atomic E-state index is 0.0234. The lowest BCUT2D eigenvalue weighted by molar-refractivity contribution is -0.271. The maximum atomic E-state index is 14.0. The van der Waals surface area contributed by atoms with E-state index in [9.17, 15) is 18.3 Å². The number of anilines is 1. The topological polar surface area (TPSA) is 23.5 Å². The molecule has 132 valence electrons. The molecule has 0 amide bonds. The van der Waals surface area contributed by atoms with Gasteiger partial charge in [0.2, 0.25) is 5.60 Å². The van der Waals surface area contributed by atoms with Gasteiger partial charge in [0.05, 0.1) is 6.04 Å². The summed E-state index contributed by atoms with van der Waals surface area (Å²) in [5, 5.41) is 10.9. The second kappa shape index (κ2) is 5.77. The maximum Gasteiger partial charge on any atom is 0.423 e. The van der Waals surface area contributed by atoms with Crippen molar-refractivity contribution in [2.45, 2.75) is 43.5 Å². The largest absolute Gasteiger partial charge is 0.423 e. The fourth-order valence-corrected chi connectivity index (χ4v) is 4.36.